The van der Waals surface area contributed by atoms with Crippen molar-refractivity contribution in [3.63, 3.8) is 0 Å². The van der Waals surface area contributed by atoms with Gasteiger partial charge in [0, 0.05) is 90.1 Å². The molecule has 670 valence electrons. The molecule has 0 saturated carbocycles. The predicted molar refractivity (Wildman–Crippen MR) is 450 cm³/mol. The van der Waals surface area contributed by atoms with Crippen molar-refractivity contribution in [3.8, 4) is 0 Å². The number of nitrogens with zero attached hydrogens (tertiary/aromatic N) is 3. The molecule has 2 aromatic rings. The maximum atomic E-state index is 14.8. The molecule has 13 N–H and O–H groups in total. The number of nitrogens with two attached hydrogens (primary N) is 2. The van der Waals surface area contributed by atoms with E-state index in [1.54, 1.807) is 116 Å². The molecular formula is C84H138N14O21. The number of carbonyl (C=O) groups excluding carboxylic acids is 12. The summed E-state index contributed by atoms with van der Waals surface area (Å²) in [6.45, 7) is 25.7. The summed E-state index contributed by atoms with van der Waals surface area (Å²) in [6.07, 6.45) is 7.98. The number of nitrogen functional groups attached to an aromatic ring is 1. The Bertz CT molecular complexity index is 3530. The Morgan fingerprint density at radius 1 is 0.597 bits per heavy atom. The second kappa shape index (κ2) is 57.0. The van der Waals surface area contributed by atoms with Gasteiger partial charge in [-0.25, -0.2) is 9.59 Å². The first-order valence-electron chi connectivity index (χ1n) is 41.3. The molecule has 2 aromatic carbocycles. The Kier molecular flexibility index (Phi) is 49.7. The second-order valence-electron chi connectivity index (χ2n) is 30.7. The molecule has 0 unspecified atom stereocenters. The van der Waals surface area contributed by atoms with Crippen LogP contribution in [0.1, 0.15) is 161 Å². The third-order valence-corrected chi connectivity index (χ3v) is 20.2. The van der Waals surface area contributed by atoms with E-state index in [2.05, 4.69) is 47.9 Å². The first kappa shape index (κ1) is 104. The van der Waals surface area contributed by atoms with Gasteiger partial charge in [0.1, 0.15) is 36.8 Å². The smallest absolute Gasteiger partial charge is 0.410 e. The number of primary amides is 1. The van der Waals surface area contributed by atoms with Gasteiger partial charge in [-0.05, 0) is 104 Å². The van der Waals surface area contributed by atoms with Crippen molar-refractivity contribution < 1.29 is 100 Å². The van der Waals surface area contributed by atoms with E-state index in [1.807, 2.05) is 32.9 Å². The van der Waals surface area contributed by atoms with Crippen LogP contribution in [-0.2, 0) is 87.6 Å². The molecule has 119 heavy (non-hydrogen) atoms. The third-order valence-electron chi connectivity index (χ3n) is 20.2. The van der Waals surface area contributed by atoms with Crippen LogP contribution in [0.25, 0.3) is 0 Å². The van der Waals surface area contributed by atoms with E-state index >= 15 is 0 Å². The Balaban J connectivity index is 1.44. The molecule has 0 bridgehead atoms. The highest BCUT2D eigenvalue weighted by molar-refractivity contribution is 6.03. The quantitative estimate of drug-likeness (QED) is 0.0237. The fourth-order valence-corrected chi connectivity index (χ4v) is 13.4. The van der Waals surface area contributed by atoms with Gasteiger partial charge in [-0.1, -0.05) is 114 Å². The van der Waals surface area contributed by atoms with Crippen LogP contribution in [0.4, 0.5) is 21.0 Å². The first-order chi connectivity index (χ1) is 56.7. The number of hydrogen-bond acceptors (Lipinski definition) is 22. The van der Waals surface area contributed by atoms with E-state index < -0.39 is 126 Å². The molecule has 1 aliphatic rings. The zero-order valence-electron chi connectivity index (χ0n) is 73.1. The Morgan fingerprint density at radius 2 is 1.16 bits per heavy atom. The molecule has 0 aliphatic carbocycles. The van der Waals surface area contributed by atoms with E-state index in [1.165, 1.54) is 51.4 Å². The van der Waals surface area contributed by atoms with Crippen LogP contribution < -0.4 is 59.3 Å². The summed E-state index contributed by atoms with van der Waals surface area (Å²) in [5.41, 5.74) is 12.7. The van der Waals surface area contributed by atoms with Gasteiger partial charge in [0.05, 0.1) is 116 Å². The van der Waals surface area contributed by atoms with Crippen molar-refractivity contribution in [2.24, 2.45) is 41.2 Å². The molecule has 0 radical (unpaired) electrons. The number of likely N-dealkylation sites (tertiary alicyclic amines) is 1. The van der Waals surface area contributed by atoms with Crippen molar-refractivity contribution in [2.75, 3.05) is 145 Å². The summed E-state index contributed by atoms with van der Waals surface area (Å²) in [6, 6.07) is 3.85. The van der Waals surface area contributed by atoms with Gasteiger partial charge in [0.2, 0.25) is 47.3 Å². The number of methoxy groups -OCH3 is 2. The summed E-state index contributed by atoms with van der Waals surface area (Å²) in [5.74, 6) is -6.64. The van der Waals surface area contributed by atoms with Gasteiger partial charge in [-0.3, -0.25) is 52.8 Å². The van der Waals surface area contributed by atoms with Crippen LogP contribution in [0.2, 0.25) is 0 Å². The molecule has 11 atom stereocenters. The van der Waals surface area contributed by atoms with Gasteiger partial charge in [-0.15, -0.1) is 0 Å². The summed E-state index contributed by atoms with van der Waals surface area (Å²) < 4.78 is 51.1. The zero-order chi connectivity index (χ0) is 88.7. The van der Waals surface area contributed by atoms with E-state index in [0.29, 0.717) is 83.3 Å². The van der Waals surface area contributed by atoms with Crippen LogP contribution in [-0.4, -0.2) is 275 Å². The number of rotatable bonds is 58. The van der Waals surface area contributed by atoms with Gasteiger partial charge >= 0.3 is 12.1 Å². The van der Waals surface area contributed by atoms with Gasteiger partial charge in [0.15, 0.2) is 0 Å². The lowest BCUT2D eigenvalue weighted by molar-refractivity contribution is -0.148. The Labute approximate surface area is 702 Å². The molecule has 13 amide bonds. The Morgan fingerprint density at radius 3 is 1.69 bits per heavy atom. The fraction of sp³-hybridized carbons (Fsp3) is 0.667. The first-order valence-corrected chi connectivity index (χ1v) is 41.3. The molecule has 1 aliphatic heterocycles. The fourth-order valence-electron chi connectivity index (χ4n) is 13.4. The van der Waals surface area contributed by atoms with Crippen molar-refractivity contribution >= 4 is 82.6 Å². The number of allylic oxidation sites excluding steroid dienone is 3. The van der Waals surface area contributed by atoms with Crippen LogP contribution in [0.15, 0.2) is 66.9 Å². The average molecular weight is 1680 g/mol. The minimum absolute atomic E-state index is 0.0360. The molecule has 1 heterocycles. The maximum absolute atomic E-state index is 14.8. The van der Waals surface area contributed by atoms with E-state index in [0.717, 1.165) is 6.42 Å². The summed E-state index contributed by atoms with van der Waals surface area (Å²) in [5, 5.41) is 24.5. The summed E-state index contributed by atoms with van der Waals surface area (Å²) in [7, 11) is 7.61. The monoisotopic (exact) mass is 1680 g/mol. The number of hydrogen-bond donors (Lipinski definition) is 11. The van der Waals surface area contributed by atoms with Gasteiger partial charge in [-0.2, -0.15) is 0 Å². The molecular weight excluding hydrogens is 1540 g/mol. The largest absolute Gasteiger partial charge is 0.445 e. The average Bonchev–Trinajstić information content (AvgIpc) is 1.79. The van der Waals surface area contributed by atoms with Crippen molar-refractivity contribution in [2.45, 2.75) is 196 Å². The number of anilines is 2. The van der Waals surface area contributed by atoms with E-state index in [9.17, 15) is 57.5 Å². The summed E-state index contributed by atoms with van der Waals surface area (Å²) >= 11 is 0. The molecule has 35 heteroatoms. The van der Waals surface area contributed by atoms with Crippen LogP contribution in [0.3, 0.4) is 0 Å². The van der Waals surface area contributed by atoms with Gasteiger partial charge in [0.25, 0.3) is 11.8 Å². The molecule has 1 fully saturated rings. The van der Waals surface area contributed by atoms with Crippen LogP contribution in [0.5, 0.6) is 0 Å². The minimum atomic E-state index is -1.13. The van der Waals surface area contributed by atoms with Crippen molar-refractivity contribution in [1.29, 1.82) is 0 Å². The third kappa shape index (κ3) is 37.4. The lowest BCUT2D eigenvalue weighted by Gasteiger charge is -2.41. The second-order valence-corrected chi connectivity index (χ2v) is 30.7. The normalized spacial score (nSPS) is 15.4. The molecule has 0 spiro atoms. The Hall–Kier alpha value is -9.36. The van der Waals surface area contributed by atoms with E-state index in [-0.39, 0.29) is 131 Å². The number of carbonyl (C=O) groups is 12. The highest BCUT2D eigenvalue weighted by Gasteiger charge is 2.44. The lowest BCUT2D eigenvalue weighted by atomic mass is 9.89. The van der Waals surface area contributed by atoms with Crippen molar-refractivity contribution in [3.05, 3.63) is 83.6 Å². The van der Waals surface area contributed by atoms with Crippen molar-refractivity contribution in [1.82, 2.24) is 57.2 Å². The highest BCUT2D eigenvalue weighted by atomic mass is 16.6. The highest BCUT2D eigenvalue weighted by Crippen LogP contribution is 2.30. The molecule has 3 rings (SSSR count). The number of ether oxygens (including phenoxy) is 9. The van der Waals surface area contributed by atoms with Crippen LogP contribution >= 0.6 is 0 Å². The number of urea groups is 1. The minimum Gasteiger partial charge on any atom is -0.445 e. The van der Waals surface area contributed by atoms with Gasteiger partial charge < -0.3 is 112 Å². The standard InChI is InChI=1S/C84H138N14O21/c1-18-20-21-22-32-88-75(101)58(12)74(112-17)65-26-24-35-98(65)68(100)51-66(111-16)73(57(11)19-2)96(14)82(108)71(55(7)8)95-81(107)72(56(9)10)97(15)84(110)119-52-59-27-29-63(30-28-59)91-78(104)64(25-23-33-90-83(86)109)92-80(106)70(54(5)6)93-67(99)31-36-113-38-40-115-42-44-117-46-47-118-45-43-116-41-39-114-37-34-89-76(102)60-48-61(50-62(85)49-60)77(103)94-69(53(3)4)79(105)87-13/h20-22,27-30,32,48-50,53-58,64-66,69-74H,18-19,23-26,31,33-47,51-52,85H2,1-17H3,(H,87,105)(H,88,101)(H,89,102)(H,91,104)(H,92,106)(H,93,99)(H,94,103)(H,95,107)(H3,86,90,109)/b21-20-,32-22?/t57-,58+,64-,65-,66+,69-,70-,71-,72-,73-,74+/m0/s1. The predicted octanol–water partition coefficient (Wildman–Crippen LogP) is 4.95. The maximum Gasteiger partial charge on any atom is 0.410 e. The molecule has 1 saturated heterocycles. The number of amides is 13. The lowest BCUT2D eigenvalue weighted by Crippen LogP contribution is -2.60. The van der Waals surface area contributed by atoms with Crippen LogP contribution in [0, 0.1) is 35.5 Å². The molecule has 35 nitrogen and oxygen atoms in total. The molecule has 0 aromatic heterocycles. The topological polar surface area (TPSA) is 458 Å². The number of nitrogens with one attached hydrogen (secondary N) is 9. The summed E-state index contributed by atoms with van der Waals surface area (Å²) in [4.78, 5) is 166. The number of likely N-dealkylation sites (N-methyl/N-ethyl adjacent to an activating group) is 3. The number of benzene rings is 2. The SMILES string of the molecule is CC/C=C\C=CNC(=O)[C@H](C)[C@@H](OC)[C@@H]1CCCN1C(=O)C[C@@H](OC)[C@H]([C@@H](C)CC)N(C)C(=O)[C@@H](NC(=O)[C@H](C(C)C)N(C)C(=O)OCc1ccc(NC(=O)[C@H](CCCNC(N)=O)NC(=O)[C@@H](NC(=O)CCOCCOCCOCCOCCOCCOCCNC(=O)c2cc(N)cc(C(=O)N[C@H](C(=O)NC)C(C)C)c2)C(C)C)cc1)C(C)C. The van der Waals surface area contributed by atoms with E-state index in [4.69, 9.17) is 54.1 Å². The zero-order valence-corrected chi connectivity index (χ0v) is 73.1.